The number of ether oxygens (including phenoxy) is 2. The molecule has 0 aromatic heterocycles. The molecule has 0 aliphatic rings. The maximum atomic E-state index is 14.9. The Hall–Kier alpha value is -0.890. The van der Waals surface area contributed by atoms with Crippen LogP contribution < -0.4 is 0 Å². The van der Waals surface area contributed by atoms with Gasteiger partial charge in [0.2, 0.25) is 11.7 Å². The first-order chi connectivity index (χ1) is 23.3. The molecule has 0 rings (SSSR count). The molecular formula is C41H86N4O3. The second-order valence-electron chi connectivity index (χ2n) is 14.2. The summed E-state index contributed by atoms with van der Waals surface area (Å²) in [5, 5.41) is 0. The minimum absolute atomic E-state index is 0.483. The highest BCUT2D eigenvalue weighted by molar-refractivity contribution is 5.61. The van der Waals surface area contributed by atoms with Crippen molar-refractivity contribution in [3.63, 3.8) is 0 Å². The summed E-state index contributed by atoms with van der Waals surface area (Å²) in [5.74, 6) is -1.62. The fourth-order valence-electron chi connectivity index (χ4n) is 6.97. The lowest BCUT2D eigenvalue weighted by Crippen LogP contribution is -2.67. The van der Waals surface area contributed by atoms with Crippen molar-refractivity contribution in [1.29, 1.82) is 0 Å². The van der Waals surface area contributed by atoms with E-state index in [2.05, 4.69) is 88.8 Å². The van der Waals surface area contributed by atoms with Crippen LogP contribution in [-0.4, -0.2) is 89.8 Å². The number of carbonyl (C=O) groups is 1. The SMILES string of the molecule is CCCCN(CCCC)C(CCC)(OC(=O)OC(CCC)(N(CCCC)CCCC)N(CCCC)CCCC)N(CCCC)CCCC. The van der Waals surface area contributed by atoms with E-state index in [9.17, 15) is 4.79 Å². The minimum Gasteiger partial charge on any atom is -0.398 e. The first-order valence-corrected chi connectivity index (χ1v) is 21.2. The van der Waals surface area contributed by atoms with E-state index in [0.29, 0.717) is 0 Å². The highest BCUT2D eigenvalue weighted by atomic mass is 16.8. The third-order valence-corrected chi connectivity index (χ3v) is 9.87. The van der Waals surface area contributed by atoms with Crippen LogP contribution in [-0.2, 0) is 9.47 Å². The molecule has 0 spiro atoms. The summed E-state index contributed by atoms with van der Waals surface area (Å²) >= 11 is 0. The number of hydrogen-bond donors (Lipinski definition) is 0. The van der Waals surface area contributed by atoms with Crippen molar-refractivity contribution >= 4 is 6.16 Å². The van der Waals surface area contributed by atoms with Crippen LogP contribution in [0, 0.1) is 0 Å². The molecule has 0 radical (unpaired) electrons. The van der Waals surface area contributed by atoms with Crippen LogP contribution in [0.1, 0.15) is 198 Å². The molecule has 0 saturated carbocycles. The molecule has 288 valence electrons. The Labute approximate surface area is 301 Å². The van der Waals surface area contributed by atoms with Gasteiger partial charge in [-0.2, -0.15) is 0 Å². The third kappa shape index (κ3) is 16.4. The fraction of sp³-hybridized carbons (Fsp3) is 0.976. The molecule has 0 saturated heterocycles. The maximum absolute atomic E-state index is 14.9. The van der Waals surface area contributed by atoms with E-state index in [0.717, 1.165) is 181 Å². The van der Waals surface area contributed by atoms with E-state index in [1.54, 1.807) is 0 Å². The molecule has 48 heavy (non-hydrogen) atoms. The van der Waals surface area contributed by atoms with Crippen molar-refractivity contribution in [3.8, 4) is 0 Å². The zero-order valence-corrected chi connectivity index (χ0v) is 34.3. The predicted molar refractivity (Wildman–Crippen MR) is 208 cm³/mol. The van der Waals surface area contributed by atoms with Crippen LogP contribution >= 0.6 is 0 Å². The Morgan fingerprint density at radius 2 is 0.542 bits per heavy atom. The summed E-state index contributed by atoms with van der Waals surface area (Å²) in [6, 6.07) is 0. The van der Waals surface area contributed by atoms with Crippen LogP contribution in [0.5, 0.6) is 0 Å². The van der Waals surface area contributed by atoms with Gasteiger partial charge in [-0.3, -0.25) is 19.6 Å². The number of unbranched alkanes of at least 4 members (excludes halogenated alkanes) is 8. The third-order valence-electron chi connectivity index (χ3n) is 9.87. The van der Waals surface area contributed by atoms with Gasteiger partial charge in [0, 0.05) is 65.2 Å². The van der Waals surface area contributed by atoms with Gasteiger partial charge in [-0.15, -0.1) is 0 Å². The Morgan fingerprint density at radius 1 is 0.354 bits per heavy atom. The van der Waals surface area contributed by atoms with Crippen LogP contribution in [0.3, 0.4) is 0 Å². The number of carbonyl (C=O) groups excluding carboxylic acids is 1. The molecule has 0 aliphatic carbocycles. The summed E-state index contributed by atoms with van der Waals surface area (Å²) < 4.78 is 14.1. The van der Waals surface area contributed by atoms with E-state index in [1.807, 2.05) is 0 Å². The fourth-order valence-corrected chi connectivity index (χ4v) is 6.97. The summed E-state index contributed by atoms with van der Waals surface area (Å²) in [4.78, 5) is 25.0. The standard InChI is InChI=1S/C41H86N4O3/c1-11-21-31-42(32-22-12-2)40(29-19-9,43(33-23-13-3)34-24-14-4)47-39(46)48-41(30-20-10,44(35-25-15-5)36-26-16-6)45(37-27-17-7)38-28-18-8/h11-38H2,1-10H3. The molecule has 0 fully saturated rings. The van der Waals surface area contributed by atoms with E-state index < -0.39 is 17.9 Å². The molecule has 0 heterocycles. The van der Waals surface area contributed by atoms with Crippen LogP contribution in [0.2, 0.25) is 0 Å². The van der Waals surface area contributed by atoms with Gasteiger partial charge in [0.25, 0.3) is 0 Å². The Bertz CT molecular complexity index is 606. The summed E-state index contributed by atoms with van der Waals surface area (Å²) in [6.07, 6.45) is 20.6. The van der Waals surface area contributed by atoms with Crippen molar-refractivity contribution in [2.24, 2.45) is 0 Å². The van der Waals surface area contributed by atoms with Gasteiger partial charge in [0.05, 0.1) is 0 Å². The molecule has 0 N–H and O–H groups in total. The molecule has 0 unspecified atom stereocenters. The van der Waals surface area contributed by atoms with Gasteiger partial charge >= 0.3 is 6.16 Å². The van der Waals surface area contributed by atoms with Crippen LogP contribution in [0.25, 0.3) is 0 Å². The zero-order valence-electron chi connectivity index (χ0n) is 34.3. The number of rotatable bonds is 34. The Balaban J connectivity index is 7.39. The largest absolute Gasteiger partial charge is 0.513 e. The predicted octanol–water partition coefficient (Wildman–Crippen LogP) is 11.7. The van der Waals surface area contributed by atoms with Gasteiger partial charge < -0.3 is 9.47 Å². The first kappa shape index (κ1) is 47.1. The van der Waals surface area contributed by atoms with E-state index >= 15 is 0 Å². The topological polar surface area (TPSA) is 48.5 Å². The van der Waals surface area contributed by atoms with Gasteiger partial charge in [-0.25, -0.2) is 4.79 Å². The second-order valence-corrected chi connectivity index (χ2v) is 14.2. The minimum atomic E-state index is -0.812. The van der Waals surface area contributed by atoms with Gasteiger partial charge in [0.15, 0.2) is 0 Å². The summed E-state index contributed by atoms with van der Waals surface area (Å²) in [6.45, 7) is 30.0. The van der Waals surface area contributed by atoms with Crippen molar-refractivity contribution < 1.29 is 14.3 Å². The van der Waals surface area contributed by atoms with Gasteiger partial charge in [-0.1, -0.05) is 121 Å². The monoisotopic (exact) mass is 683 g/mol. The maximum Gasteiger partial charge on any atom is 0.513 e. The zero-order chi connectivity index (χ0) is 36.1. The molecule has 7 nitrogen and oxygen atoms in total. The number of nitrogens with zero attached hydrogens (tertiary/aromatic N) is 4. The lowest BCUT2D eigenvalue weighted by molar-refractivity contribution is -0.271. The van der Waals surface area contributed by atoms with Gasteiger partial charge in [-0.05, 0) is 64.2 Å². The van der Waals surface area contributed by atoms with Crippen LogP contribution in [0.15, 0.2) is 0 Å². The number of hydrogen-bond acceptors (Lipinski definition) is 7. The lowest BCUT2D eigenvalue weighted by Gasteiger charge is -2.52. The quantitative estimate of drug-likeness (QED) is 0.0494. The first-order valence-electron chi connectivity index (χ1n) is 21.2. The van der Waals surface area contributed by atoms with E-state index in [4.69, 9.17) is 9.47 Å². The highest BCUT2D eigenvalue weighted by Gasteiger charge is 2.49. The lowest BCUT2D eigenvalue weighted by atomic mass is 10.1. The Morgan fingerprint density at radius 3 is 0.688 bits per heavy atom. The molecule has 0 aromatic rings. The van der Waals surface area contributed by atoms with Crippen LogP contribution in [0.4, 0.5) is 4.79 Å². The van der Waals surface area contributed by atoms with Crippen molar-refractivity contribution in [2.75, 3.05) is 52.4 Å². The smallest absolute Gasteiger partial charge is 0.398 e. The van der Waals surface area contributed by atoms with Gasteiger partial charge in [0.1, 0.15) is 0 Å². The molecule has 0 atom stereocenters. The molecule has 0 aliphatic heterocycles. The highest BCUT2D eigenvalue weighted by Crippen LogP contribution is 2.35. The molecular weight excluding hydrogens is 596 g/mol. The van der Waals surface area contributed by atoms with Crippen molar-refractivity contribution in [3.05, 3.63) is 0 Å². The average Bonchev–Trinajstić information content (AvgIpc) is 3.08. The van der Waals surface area contributed by atoms with Crippen molar-refractivity contribution in [1.82, 2.24) is 19.6 Å². The average molecular weight is 683 g/mol. The molecule has 0 amide bonds. The molecule has 0 bridgehead atoms. The van der Waals surface area contributed by atoms with Crippen molar-refractivity contribution in [2.45, 2.75) is 209 Å². The summed E-state index contributed by atoms with van der Waals surface area (Å²) in [5.41, 5.74) is 0. The Kier molecular flexibility index (Phi) is 29.3. The van der Waals surface area contributed by atoms with E-state index in [-0.39, 0.29) is 0 Å². The summed E-state index contributed by atoms with van der Waals surface area (Å²) in [7, 11) is 0. The second kappa shape index (κ2) is 29.8. The normalized spacial score (nSPS) is 12.6. The molecule has 7 heteroatoms. The van der Waals surface area contributed by atoms with E-state index in [1.165, 1.54) is 0 Å². The molecule has 0 aromatic carbocycles.